The molecular formula is C17H26N2O5. The molecule has 24 heavy (non-hydrogen) atoms. The molecule has 0 aromatic rings. The molecule has 134 valence electrons. The molecule has 2 heterocycles. The number of nitrogens with zero attached hydrogens (tertiary/aromatic N) is 2. The number of amides is 2. The number of carboxylic acids is 1. The minimum Gasteiger partial charge on any atom is -0.479 e. The van der Waals surface area contributed by atoms with Gasteiger partial charge >= 0.3 is 5.97 Å². The van der Waals surface area contributed by atoms with E-state index in [2.05, 4.69) is 6.92 Å². The monoisotopic (exact) mass is 338 g/mol. The lowest BCUT2D eigenvalue weighted by molar-refractivity contribution is -0.160. The zero-order chi connectivity index (χ0) is 17.3. The van der Waals surface area contributed by atoms with Gasteiger partial charge in [-0.05, 0) is 31.6 Å². The van der Waals surface area contributed by atoms with Gasteiger partial charge in [0.2, 0.25) is 11.8 Å². The molecule has 3 rings (SSSR count). The molecule has 7 heteroatoms. The van der Waals surface area contributed by atoms with E-state index in [1.165, 1.54) is 0 Å². The molecule has 1 aliphatic carbocycles. The van der Waals surface area contributed by atoms with Crippen LogP contribution >= 0.6 is 0 Å². The van der Waals surface area contributed by atoms with Gasteiger partial charge in [0.1, 0.15) is 0 Å². The number of rotatable bonds is 3. The molecule has 0 spiro atoms. The number of carboxylic acid groups (broad SMARTS) is 1. The Morgan fingerprint density at radius 2 is 1.88 bits per heavy atom. The summed E-state index contributed by atoms with van der Waals surface area (Å²) in [6, 6.07) is 0.267. The summed E-state index contributed by atoms with van der Waals surface area (Å²) in [5, 5.41) is 9.05. The van der Waals surface area contributed by atoms with Gasteiger partial charge < -0.3 is 19.6 Å². The van der Waals surface area contributed by atoms with Gasteiger partial charge in [-0.1, -0.05) is 6.92 Å². The van der Waals surface area contributed by atoms with Crippen molar-refractivity contribution in [3.63, 3.8) is 0 Å². The van der Waals surface area contributed by atoms with Crippen molar-refractivity contribution >= 4 is 17.8 Å². The predicted molar refractivity (Wildman–Crippen MR) is 85.2 cm³/mol. The standard InChI is InChI=1S/C17H26N2O5/c1-11-2-4-13(5-3-11)19-9-12(8-15(19)20)16(21)18-6-7-24-14(10-18)17(22)23/h11-14H,2-10H2,1H3,(H,22,23)/t11?,12-,13?,14+/m1/s1. The van der Waals surface area contributed by atoms with E-state index in [1.54, 1.807) is 4.90 Å². The second kappa shape index (κ2) is 7.09. The molecule has 7 nitrogen and oxygen atoms in total. The van der Waals surface area contributed by atoms with E-state index in [-0.39, 0.29) is 43.3 Å². The highest BCUT2D eigenvalue weighted by molar-refractivity contribution is 5.89. The number of ether oxygens (including phenoxy) is 1. The van der Waals surface area contributed by atoms with Crippen molar-refractivity contribution < 1.29 is 24.2 Å². The van der Waals surface area contributed by atoms with Crippen molar-refractivity contribution in [2.75, 3.05) is 26.2 Å². The number of carbonyl (C=O) groups is 3. The Bertz CT molecular complexity index is 515. The normalized spacial score (nSPS) is 34.5. The number of likely N-dealkylation sites (tertiary alicyclic amines) is 1. The third-order valence-corrected chi connectivity index (χ3v) is 5.59. The molecular weight excluding hydrogens is 312 g/mol. The second-order valence-electron chi connectivity index (χ2n) is 7.34. The summed E-state index contributed by atoms with van der Waals surface area (Å²) >= 11 is 0. The first-order valence-corrected chi connectivity index (χ1v) is 8.88. The number of hydrogen-bond donors (Lipinski definition) is 1. The quantitative estimate of drug-likeness (QED) is 0.819. The fourth-order valence-corrected chi connectivity index (χ4v) is 4.06. The molecule has 0 aromatic heterocycles. The molecule has 2 atom stereocenters. The summed E-state index contributed by atoms with van der Waals surface area (Å²) in [4.78, 5) is 39.6. The average molecular weight is 338 g/mol. The zero-order valence-corrected chi connectivity index (χ0v) is 14.1. The van der Waals surface area contributed by atoms with E-state index in [9.17, 15) is 14.4 Å². The first-order chi connectivity index (χ1) is 11.5. The van der Waals surface area contributed by atoms with Crippen LogP contribution in [0.3, 0.4) is 0 Å². The van der Waals surface area contributed by atoms with E-state index in [1.807, 2.05) is 4.90 Å². The van der Waals surface area contributed by atoms with Crippen molar-refractivity contribution in [2.24, 2.45) is 11.8 Å². The maximum absolute atomic E-state index is 12.7. The number of hydrogen-bond acceptors (Lipinski definition) is 4. The van der Waals surface area contributed by atoms with Gasteiger partial charge in [0.05, 0.1) is 19.1 Å². The lowest BCUT2D eigenvalue weighted by Crippen LogP contribution is -2.50. The highest BCUT2D eigenvalue weighted by atomic mass is 16.5. The third kappa shape index (κ3) is 3.55. The van der Waals surface area contributed by atoms with Gasteiger partial charge in [-0.25, -0.2) is 4.79 Å². The van der Waals surface area contributed by atoms with Crippen molar-refractivity contribution in [3.8, 4) is 0 Å². The third-order valence-electron chi connectivity index (χ3n) is 5.59. The van der Waals surface area contributed by atoms with Gasteiger partial charge in [0.25, 0.3) is 0 Å². The van der Waals surface area contributed by atoms with Crippen LogP contribution in [0.25, 0.3) is 0 Å². The van der Waals surface area contributed by atoms with E-state index in [0.717, 1.165) is 31.6 Å². The second-order valence-corrected chi connectivity index (χ2v) is 7.34. The summed E-state index contributed by atoms with van der Waals surface area (Å²) < 4.78 is 5.16. The predicted octanol–water partition coefficient (Wildman–Crippen LogP) is 0.726. The van der Waals surface area contributed by atoms with Crippen LogP contribution in [0.1, 0.15) is 39.0 Å². The minimum absolute atomic E-state index is 0.0657. The molecule has 2 aliphatic heterocycles. The van der Waals surface area contributed by atoms with Gasteiger partial charge in [-0.15, -0.1) is 0 Å². The zero-order valence-electron chi connectivity index (χ0n) is 14.1. The van der Waals surface area contributed by atoms with Gasteiger partial charge in [0.15, 0.2) is 6.10 Å². The van der Waals surface area contributed by atoms with Crippen LogP contribution in [-0.2, 0) is 19.1 Å². The van der Waals surface area contributed by atoms with E-state index < -0.39 is 12.1 Å². The van der Waals surface area contributed by atoms with Crippen LogP contribution in [0, 0.1) is 11.8 Å². The number of carbonyl (C=O) groups excluding carboxylic acids is 2. The average Bonchev–Trinajstić information content (AvgIpc) is 2.97. The van der Waals surface area contributed by atoms with Gasteiger partial charge in [-0.2, -0.15) is 0 Å². The maximum atomic E-state index is 12.7. The fourth-order valence-electron chi connectivity index (χ4n) is 4.06. The molecule has 0 unspecified atom stereocenters. The maximum Gasteiger partial charge on any atom is 0.334 e. The summed E-state index contributed by atoms with van der Waals surface area (Å²) in [6.45, 7) is 3.42. The highest BCUT2D eigenvalue weighted by Crippen LogP contribution is 2.31. The Morgan fingerprint density at radius 1 is 1.17 bits per heavy atom. The molecule has 0 aromatic carbocycles. The highest BCUT2D eigenvalue weighted by Gasteiger charge is 2.41. The lowest BCUT2D eigenvalue weighted by atomic mass is 9.86. The Hall–Kier alpha value is -1.63. The van der Waals surface area contributed by atoms with Crippen LogP contribution in [-0.4, -0.2) is 71.1 Å². The van der Waals surface area contributed by atoms with Gasteiger partial charge in [-0.3, -0.25) is 9.59 Å². The lowest BCUT2D eigenvalue weighted by Gasteiger charge is -2.34. The van der Waals surface area contributed by atoms with E-state index >= 15 is 0 Å². The summed E-state index contributed by atoms with van der Waals surface area (Å²) in [5.74, 6) is -0.712. The van der Waals surface area contributed by atoms with Crippen LogP contribution in [0.2, 0.25) is 0 Å². The molecule has 3 fully saturated rings. The summed E-state index contributed by atoms with van der Waals surface area (Å²) in [5.41, 5.74) is 0. The van der Waals surface area contributed by atoms with Crippen LogP contribution in [0.4, 0.5) is 0 Å². The molecule has 3 aliphatic rings. The SMILES string of the molecule is CC1CCC(N2C[C@H](C(=O)N3CCO[C@H](C(=O)O)C3)CC2=O)CC1. The summed E-state index contributed by atoms with van der Waals surface area (Å²) in [7, 11) is 0. The number of morpholine rings is 1. The number of aliphatic carboxylic acids is 1. The van der Waals surface area contributed by atoms with Crippen molar-refractivity contribution in [3.05, 3.63) is 0 Å². The topological polar surface area (TPSA) is 87.2 Å². The van der Waals surface area contributed by atoms with Crippen molar-refractivity contribution in [1.82, 2.24) is 9.80 Å². The Balaban J connectivity index is 1.58. The smallest absolute Gasteiger partial charge is 0.334 e. The molecule has 1 saturated carbocycles. The minimum atomic E-state index is -1.05. The molecule has 0 bridgehead atoms. The fraction of sp³-hybridized carbons (Fsp3) is 0.824. The Morgan fingerprint density at radius 3 is 2.54 bits per heavy atom. The van der Waals surface area contributed by atoms with Gasteiger partial charge in [0, 0.05) is 25.6 Å². The summed E-state index contributed by atoms with van der Waals surface area (Å²) in [6.07, 6.45) is 3.60. The van der Waals surface area contributed by atoms with Crippen LogP contribution < -0.4 is 0 Å². The largest absolute Gasteiger partial charge is 0.479 e. The Labute approximate surface area is 141 Å². The van der Waals surface area contributed by atoms with E-state index in [0.29, 0.717) is 13.1 Å². The van der Waals surface area contributed by atoms with Crippen molar-refractivity contribution in [1.29, 1.82) is 0 Å². The van der Waals surface area contributed by atoms with Crippen molar-refractivity contribution in [2.45, 2.75) is 51.2 Å². The molecule has 2 amide bonds. The molecule has 2 saturated heterocycles. The molecule has 0 radical (unpaired) electrons. The first kappa shape index (κ1) is 17.2. The van der Waals surface area contributed by atoms with E-state index in [4.69, 9.17) is 9.84 Å². The molecule has 1 N–H and O–H groups in total. The van der Waals surface area contributed by atoms with Crippen LogP contribution in [0.15, 0.2) is 0 Å². The van der Waals surface area contributed by atoms with Crippen LogP contribution in [0.5, 0.6) is 0 Å². The Kier molecular flexibility index (Phi) is 5.08. The first-order valence-electron chi connectivity index (χ1n) is 8.88.